The van der Waals surface area contributed by atoms with Gasteiger partial charge in [0, 0.05) is 6.42 Å². The van der Waals surface area contributed by atoms with E-state index in [4.69, 9.17) is 9.05 Å². The predicted molar refractivity (Wildman–Crippen MR) is 62.6 cm³/mol. The first-order valence-electron chi connectivity index (χ1n) is 5.63. The van der Waals surface area contributed by atoms with Crippen molar-refractivity contribution in [3.05, 3.63) is 12.7 Å². The molecule has 0 saturated heterocycles. The Labute approximate surface area is 96.5 Å². The molecule has 0 N–H and O–H groups in total. The number of allylic oxidation sites excluding steroid dienone is 1. The summed E-state index contributed by atoms with van der Waals surface area (Å²) in [6.07, 6.45) is 2.81. The molecule has 92 valence electrons. The fourth-order valence-electron chi connectivity index (χ4n) is 2.07. The van der Waals surface area contributed by atoms with Gasteiger partial charge in [-0.1, -0.05) is 6.08 Å². The minimum atomic E-state index is -3.32. The largest absolute Gasteiger partial charge is 0.341 e. The third-order valence-electron chi connectivity index (χ3n) is 2.72. The maximum absolute atomic E-state index is 12.5. The molecule has 0 unspecified atom stereocenters. The Morgan fingerprint density at radius 1 is 1.44 bits per heavy atom. The van der Waals surface area contributed by atoms with Crippen LogP contribution in [0.3, 0.4) is 0 Å². The Morgan fingerprint density at radius 3 is 2.44 bits per heavy atom. The fraction of sp³-hybridized carbons (Fsp3) is 0.727. The van der Waals surface area contributed by atoms with E-state index in [1.54, 1.807) is 19.9 Å². The first-order valence-corrected chi connectivity index (χ1v) is 7.24. The molecule has 1 aliphatic carbocycles. The zero-order valence-corrected chi connectivity index (χ0v) is 10.7. The van der Waals surface area contributed by atoms with Gasteiger partial charge >= 0.3 is 7.60 Å². The van der Waals surface area contributed by atoms with Crippen molar-refractivity contribution < 1.29 is 18.4 Å². The van der Waals surface area contributed by atoms with Crippen LogP contribution >= 0.6 is 7.60 Å². The van der Waals surface area contributed by atoms with E-state index in [9.17, 15) is 9.36 Å². The summed E-state index contributed by atoms with van der Waals surface area (Å²) in [6, 6.07) is 0. The molecule has 0 spiro atoms. The molecule has 0 bridgehead atoms. The van der Waals surface area contributed by atoms with Gasteiger partial charge in [-0.05, 0) is 26.2 Å². The molecular formula is C11H19O4P. The van der Waals surface area contributed by atoms with Crippen LogP contribution in [0.1, 0.15) is 26.7 Å². The highest BCUT2D eigenvalue weighted by Gasteiger charge is 2.48. The van der Waals surface area contributed by atoms with Gasteiger partial charge in [0.15, 0.2) is 0 Å². The molecule has 1 saturated carbocycles. The molecule has 5 heteroatoms. The monoisotopic (exact) mass is 246 g/mol. The molecule has 0 radical (unpaired) electrons. The molecule has 0 heterocycles. The first-order chi connectivity index (χ1) is 7.59. The number of Topliss-reactive ketones (excluding diaryl/α,β-unsaturated/α-hetero) is 1. The van der Waals surface area contributed by atoms with Gasteiger partial charge in [0.05, 0.1) is 13.2 Å². The normalized spacial score (nSPS) is 26.0. The van der Waals surface area contributed by atoms with Gasteiger partial charge in [-0.15, -0.1) is 6.58 Å². The number of hydrogen-bond donors (Lipinski definition) is 0. The smallest absolute Gasteiger partial charge is 0.308 e. The molecule has 0 aromatic carbocycles. The third-order valence-corrected chi connectivity index (χ3v) is 5.31. The van der Waals surface area contributed by atoms with Gasteiger partial charge < -0.3 is 9.05 Å². The Kier molecular flexibility index (Phi) is 4.90. The second-order valence-electron chi connectivity index (χ2n) is 3.72. The van der Waals surface area contributed by atoms with Gasteiger partial charge in [-0.2, -0.15) is 0 Å². The molecule has 2 atom stereocenters. The van der Waals surface area contributed by atoms with Crippen LogP contribution in [0.4, 0.5) is 0 Å². The van der Waals surface area contributed by atoms with Gasteiger partial charge in [0.25, 0.3) is 0 Å². The van der Waals surface area contributed by atoms with Crippen molar-refractivity contribution in [2.45, 2.75) is 32.3 Å². The highest BCUT2D eigenvalue weighted by molar-refractivity contribution is 7.55. The third kappa shape index (κ3) is 2.62. The van der Waals surface area contributed by atoms with Crippen molar-refractivity contribution in [1.29, 1.82) is 0 Å². The molecule has 16 heavy (non-hydrogen) atoms. The van der Waals surface area contributed by atoms with E-state index in [1.165, 1.54) is 0 Å². The van der Waals surface area contributed by atoms with Crippen molar-refractivity contribution in [2.75, 3.05) is 13.2 Å². The standard InChI is InChI=1S/C11H19O4P/c1-4-9-7-8-10(12)11(9)16(13,14-5-2)15-6-3/h4,9,11H,1,5-8H2,2-3H3/t9-,11+/m0/s1. The first kappa shape index (κ1) is 13.6. The molecule has 0 aromatic heterocycles. The predicted octanol–water partition coefficient (Wildman–Crippen LogP) is 2.79. The maximum atomic E-state index is 12.5. The lowest BCUT2D eigenvalue weighted by Gasteiger charge is -2.24. The summed E-state index contributed by atoms with van der Waals surface area (Å²) in [5.41, 5.74) is -0.648. The lowest BCUT2D eigenvalue weighted by molar-refractivity contribution is -0.117. The summed E-state index contributed by atoms with van der Waals surface area (Å²) < 4.78 is 22.9. The average molecular weight is 246 g/mol. The van der Waals surface area contributed by atoms with E-state index in [1.807, 2.05) is 0 Å². The summed E-state index contributed by atoms with van der Waals surface area (Å²) in [5.74, 6) is -0.119. The van der Waals surface area contributed by atoms with Crippen molar-refractivity contribution in [2.24, 2.45) is 5.92 Å². The maximum Gasteiger partial charge on any atom is 0.341 e. The SMILES string of the molecule is C=C[C@H]1CCC(=O)[C@@H]1P(=O)(OCC)OCC. The summed E-state index contributed by atoms with van der Waals surface area (Å²) in [6.45, 7) is 7.73. The summed E-state index contributed by atoms with van der Waals surface area (Å²) in [7, 11) is -3.32. The van der Waals surface area contributed by atoms with Crippen molar-refractivity contribution in [3.8, 4) is 0 Å². The van der Waals surface area contributed by atoms with E-state index in [0.717, 1.165) is 0 Å². The van der Waals surface area contributed by atoms with E-state index >= 15 is 0 Å². The molecule has 1 aliphatic rings. The lowest BCUT2D eigenvalue weighted by Crippen LogP contribution is -2.23. The van der Waals surface area contributed by atoms with Crippen LogP contribution in [-0.4, -0.2) is 24.7 Å². The number of carbonyl (C=O) groups is 1. The van der Waals surface area contributed by atoms with E-state index in [-0.39, 0.29) is 24.9 Å². The zero-order valence-electron chi connectivity index (χ0n) is 9.85. The Bertz CT molecular complexity index is 303. The van der Waals surface area contributed by atoms with E-state index in [2.05, 4.69) is 6.58 Å². The van der Waals surface area contributed by atoms with Crippen LogP contribution < -0.4 is 0 Å². The lowest BCUT2D eigenvalue weighted by atomic mass is 10.1. The topological polar surface area (TPSA) is 52.6 Å². The van der Waals surface area contributed by atoms with Crippen LogP contribution in [0.5, 0.6) is 0 Å². The quantitative estimate of drug-likeness (QED) is 0.534. The average Bonchev–Trinajstić information content (AvgIpc) is 2.60. The van der Waals surface area contributed by atoms with Crippen molar-refractivity contribution in [3.63, 3.8) is 0 Å². The summed E-state index contributed by atoms with van der Waals surface area (Å²) in [4.78, 5) is 11.8. The van der Waals surface area contributed by atoms with Crippen LogP contribution in [-0.2, 0) is 18.4 Å². The van der Waals surface area contributed by atoms with Crippen LogP contribution in [0.25, 0.3) is 0 Å². The van der Waals surface area contributed by atoms with Gasteiger partial charge in [-0.3, -0.25) is 9.36 Å². The molecule has 0 amide bonds. The molecular weight excluding hydrogens is 227 g/mol. The Balaban J connectivity index is 2.95. The van der Waals surface area contributed by atoms with Crippen LogP contribution in [0.15, 0.2) is 12.7 Å². The Morgan fingerprint density at radius 2 is 2.00 bits per heavy atom. The van der Waals surface area contributed by atoms with E-state index < -0.39 is 13.3 Å². The number of hydrogen-bond acceptors (Lipinski definition) is 4. The van der Waals surface area contributed by atoms with Gasteiger partial charge in [-0.25, -0.2) is 0 Å². The second-order valence-corrected chi connectivity index (χ2v) is 5.88. The number of ketones is 1. The number of carbonyl (C=O) groups excluding carboxylic acids is 1. The van der Waals surface area contributed by atoms with Crippen molar-refractivity contribution in [1.82, 2.24) is 0 Å². The molecule has 4 nitrogen and oxygen atoms in total. The summed E-state index contributed by atoms with van der Waals surface area (Å²) >= 11 is 0. The second kappa shape index (κ2) is 5.76. The zero-order chi connectivity index (χ0) is 12.2. The molecule has 1 rings (SSSR count). The van der Waals surface area contributed by atoms with Gasteiger partial charge in [0.1, 0.15) is 11.4 Å². The van der Waals surface area contributed by atoms with Crippen molar-refractivity contribution >= 4 is 13.4 Å². The van der Waals surface area contributed by atoms with Crippen LogP contribution in [0, 0.1) is 5.92 Å². The minimum Gasteiger partial charge on any atom is -0.308 e. The highest BCUT2D eigenvalue weighted by Crippen LogP contribution is 2.58. The van der Waals surface area contributed by atoms with Crippen LogP contribution in [0.2, 0.25) is 0 Å². The summed E-state index contributed by atoms with van der Waals surface area (Å²) in [5, 5.41) is 0. The molecule has 0 aromatic rings. The molecule has 0 aliphatic heterocycles. The highest BCUT2D eigenvalue weighted by atomic mass is 31.2. The Hall–Kier alpha value is -0.440. The fourth-order valence-corrected chi connectivity index (χ4v) is 4.41. The molecule has 1 fully saturated rings. The van der Waals surface area contributed by atoms with E-state index in [0.29, 0.717) is 12.8 Å². The van der Waals surface area contributed by atoms with Gasteiger partial charge in [0.2, 0.25) is 0 Å². The number of rotatable bonds is 6. The minimum absolute atomic E-state index is 0.0323.